The van der Waals surface area contributed by atoms with Crippen LogP contribution in [-0.2, 0) is 6.54 Å². The van der Waals surface area contributed by atoms with Crippen LogP contribution in [0.25, 0.3) is 0 Å². The predicted octanol–water partition coefficient (Wildman–Crippen LogP) is 4.39. The van der Waals surface area contributed by atoms with Crippen LogP contribution in [0.1, 0.15) is 5.56 Å². The average Bonchev–Trinajstić information content (AvgIpc) is 2.16. The van der Waals surface area contributed by atoms with Gasteiger partial charge >= 0.3 is 0 Å². The summed E-state index contributed by atoms with van der Waals surface area (Å²) < 4.78 is 1.02. The van der Waals surface area contributed by atoms with E-state index in [4.69, 9.17) is 0 Å². The zero-order chi connectivity index (χ0) is 13.1. The Morgan fingerprint density at radius 3 is 2.06 bits per heavy atom. The van der Waals surface area contributed by atoms with Gasteiger partial charge in [-0.2, -0.15) is 8.46 Å². The molecule has 0 bridgehead atoms. The molecule has 1 rings (SSSR count). The van der Waals surface area contributed by atoms with Crippen LogP contribution in [-0.4, -0.2) is 43.0 Å². The Kier molecular flexibility index (Phi) is 5.57. The molecule has 0 spiro atoms. The van der Waals surface area contributed by atoms with Crippen LogP contribution in [0.3, 0.4) is 0 Å². The predicted molar refractivity (Wildman–Crippen MR) is 87.5 cm³/mol. The topological polar surface area (TPSA) is 0 Å². The quantitative estimate of drug-likeness (QED) is 0.522. The Balaban J connectivity index is 2.75. The largest absolute Gasteiger partial charge is 0.324 e. The van der Waals surface area contributed by atoms with Crippen molar-refractivity contribution in [3.05, 3.63) is 29.8 Å². The average molecular weight is 384 g/mol. The van der Waals surface area contributed by atoms with Gasteiger partial charge in [-0.15, -0.1) is 0 Å². The van der Waals surface area contributed by atoms with Gasteiger partial charge in [-0.3, -0.25) is 0 Å². The van der Waals surface area contributed by atoms with Crippen LogP contribution >= 0.6 is 39.2 Å². The van der Waals surface area contributed by atoms with E-state index in [0.717, 1.165) is 22.9 Å². The molecule has 0 radical (unpaired) electrons. The van der Waals surface area contributed by atoms with Crippen LogP contribution in [0.2, 0.25) is 0 Å². The van der Waals surface area contributed by atoms with Gasteiger partial charge in [0.05, 0.1) is 26.0 Å². The molecular formula is C13H22Br2NS+. The second-order valence-electron chi connectivity index (χ2n) is 5.35. The zero-order valence-corrected chi connectivity index (χ0v) is 15.0. The molecule has 4 heteroatoms. The maximum Gasteiger partial charge on any atom is 0.104 e. The fourth-order valence-electron chi connectivity index (χ4n) is 1.72. The Bertz CT molecular complexity index is 355. The first-order chi connectivity index (χ1) is 7.74. The molecule has 0 fully saturated rings. The Hall–Kier alpha value is 0.490. The standard InChI is InChI=1S/C13H22Br2NS/c1-16(2,10-9-14)11-12-5-7-13(8-6-12)17(3,4)15/h5-8H,9-11H2,1-4H3/q+1. The highest BCUT2D eigenvalue weighted by molar-refractivity contribution is 9.58. The lowest BCUT2D eigenvalue weighted by atomic mass is 10.2. The summed E-state index contributed by atoms with van der Waals surface area (Å²) in [7, 11) is 3.77. The van der Waals surface area contributed by atoms with Crippen LogP contribution in [0, 0.1) is 0 Å². The van der Waals surface area contributed by atoms with Crippen molar-refractivity contribution in [1.82, 2.24) is 0 Å². The van der Waals surface area contributed by atoms with Crippen molar-refractivity contribution in [2.24, 2.45) is 0 Å². The summed E-state index contributed by atoms with van der Waals surface area (Å²) in [6.45, 7) is 2.24. The van der Waals surface area contributed by atoms with Gasteiger partial charge in [-0.1, -0.05) is 28.1 Å². The van der Waals surface area contributed by atoms with Crippen molar-refractivity contribution in [1.29, 1.82) is 0 Å². The first-order valence-corrected chi connectivity index (χ1v) is 11.1. The lowest BCUT2D eigenvalue weighted by Gasteiger charge is -2.29. The molecule has 0 saturated heterocycles. The summed E-state index contributed by atoms with van der Waals surface area (Å²) in [5.41, 5.74) is 1.41. The first-order valence-electron chi connectivity index (χ1n) is 5.64. The lowest BCUT2D eigenvalue weighted by Crippen LogP contribution is -2.40. The number of alkyl halides is 1. The van der Waals surface area contributed by atoms with Crippen LogP contribution in [0.15, 0.2) is 29.2 Å². The number of benzene rings is 1. The summed E-state index contributed by atoms with van der Waals surface area (Å²) in [6.07, 6.45) is 4.51. The van der Waals surface area contributed by atoms with Crippen molar-refractivity contribution in [2.75, 3.05) is 38.5 Å². The molecule has 1 aromatic rings. The summed E-state index contributed by atoms with van der Waals surface area (Å²) in [6, 6.07) is 9.04. The normalized spacial score (nSPS) is 13.8. The van der Waals surface area contributed by atoms with E-state index in [0.29, 0.717) is 0 Å². The third kappa shape index (κ3) is 5.33. The molecule has 0 unspecified atom stereocenters. The first kappa shape index (κ1) is 15.5. The van der Waals surface area contributed by atoms with E-state index < -0.39 is 8.46 Å². The van der Waals surface area contributed by atoms with E-state index in [1.807, 2.05) is 0 Å². The van der Waals surface area contributed by atoms with Crippen LogP contribution in [0.4, 0.5) is 0 Å². The molecule has 1 aromatic carbocycles. The number of quaternary nitrogens is 1. The Morgan fingerprint density at radius 2 is 1.65 bits per heavy atom. The Labute approximate surface area is 123 Å². The monoisotopic (exact) mass is 382 g/mol. The molecule has 0 aromatic heterocycles. The molecular weight excluding hydrogens is 362 g/mol. The van der Waals surface area contributed by atoms with Gasteiger partial charge in [0.25, 0.3) is 0 Å². The highest BCUT2D eigenvalue weighted by Crippen LogP contribution is 2.55. The van der Waals surface area contributed by atoms with Gasteiger partial charge in [0, 0.05) is 5.56 Å². The van der Waals surface area contributed by atoms with Gasteiger partial charge in [-0.05, 0) is 44.4 Å². The summed E-state index contributed by atoms with van der Waals surface area (Å²) >= 11 is 7.29. The third-order valence-electron chi connectivity index (χ3n) is 2.78. The van der Waals surface area contributed by atoms with Crippen molar-refractivity contribution in [3.63, 3.8) is 0 Å². The number of rotatable bonds is 5. The molecule has 1 nitrogen and oxygen atoms in total. The van der Waals surface area contributed by atoms with E-state index in [1.165, 1.54) is 10.5 Å². The smallest absolute Gasteiger partial charge is 0.104 e. The van der Waals surface area contributed by atoms with Gasteiger partial charge in [0.15, 0.2) is 0 Å². The van der Waals surface area contributed by atoms with E-state index in [-0.39, 0.29) is 0 Å². The second-order valence-corrected chi connectivity index (χ2v) is 13.9. The van der Waals surface area contributed by atoms with E-state index in [9.17, 15) is 0 Å². The van der Waals surface area contributed by atoms with Gasteiger partial charge in [-0.25, -0.2) is 0 Å². The van der Waals surface area contributed by atoms with Crippen molar-refractivity contribution in [2.45, 2.75) is 11.4 Å². The van der Waals surface area contributed by atoms with Crippen LogP contribution in [0.5, 0.6) is 0 Å². The molecule has 98 valence electrons. The Morgan fingerprint density at radius 1 is 1.12 bits per heavy atom. The third-order valence-corrected chi connectivity index (χ3v) is 5.65. The minimum atomic E-state index is -0.774. The maximum atomic E-state index is 3.77. The number of nitrogens with zero attached hydrogens (tertiary/aromatic N) is 1. The minimum absolute atomic E-state index is 0.774. The summed E-state index contributed by atoms with van der Waals surface area (Å²) in [5.74, 6) is 0. The van der Waals surface area contributed by atoms with E-state index in [2.05, 4.69) is 81.6 Å². The number of hydrogen-bond donors (Lipinski definition) is 0. The summed E-state index contributed by atoms with van der Waals surface area (Å²) in [4.78, 5) is 1.41. The van der Waals surface area contributed by atoms with Crippen molar-refractivity contribution < 1.29 is 4.48 Å². The van der Waals surface area contributed by atoms with Crippen molar-refractivity contribution in [3.8, 4) is 0 Å². The van der Waals surface area contributed by atoms with Crippen molar-refractivity contribution >= 4 is 39.2 Å². The van der Waals surface area contributed by atoms with Gasteiger partial charge < -0.3 is 4.48 Å². The van der Waals surface area contributed by atoms with E-state index >= 15 is 0 Å². The fraction of sp³-hybridized carbons (Fsp3) is 0.538. The van der Waals surface area contributed by atoms with Gasteiger partial charge in [0.2, 0.25) is 0 Å². The maximum absolute atomic E-state index is 3.77. The number of hydrogen-bond acceptors (Lipinski definition) is 0. The molecule has 0 atom stereocenters. The fourth-order valence-corrected chi connectivity index (χ4v) is 4.11. The molecule has 0 saturated carbocycles. The summed E-state index contributed by atoms with van der Waals surface area (Å²) in [5, 5.41) is 1.05. The molecule has 0 N–H and O–H groups in total. The highest BCUT2D eigenvalue weighted by Gasteiger charge is 2.15. The molecule has 0 heterocycles. The van der Waals surface area contributed by atoms with Crippen LogP contribution < -0.4 is 0 Å². The lowest BCUT2D eigenvalue weighted by molar-refractivity contribution is -0.901. The zero-order valence-electron chi connectivity index (χ0n) is 11.0. The minimum Gasteiger partial charge on any atom is -0.324 e. The molecule has 0 amide bonds. The van der Waals surface area contributed by atoms with E-state index in [1.54, 1.807) is 0 Å². The molecule has 0 aliphatic carbocycles. The van der Waals surface area contributed by atoms with Gasteiger partial charge in [0.1, 0.15) is 6.54 Å². The molecule has 17 heavy (non-hydrogen) atoms. The second kappa shape index (κ2) is 6.09. The molecule has 0 aliphatic heterocycles. The highest BCUT2D eigenvalue weighted by atomic mass is 79.9. The molecule has 0 aliphatic rings. The number of halogens is 2. The SMILES string of the molecule is C[N+](C)(CCBr)Cc1ccc(S(C)(C)Br)cc1.